The third kappa shape index (κ3) is 2.97. The lowest BCUT2D eigenvalue weighted by atomic mass is 10.1. The summed E-state index contributed by atoms with van der Waals surface area (Å²) in [4.78, 5) is 10.6. The van der Waals surface area contributed by atoms with Gasteiger partial charge in [0.15, 0.2) is 11.6 Å². The zero-order chi connectivity index (χ0) is 15.4. The van der Waals surface area contributed by atoms with Gasteiger partial charge in [-0.3, -0.25) is 10.1 Å². The van der Waals surface area contributed by atoms with Gasteiger partial charge in [-0.25, -0.2) is 0 Å². The van der Waals surface area contributed by atoms with Crippen LogP contribution < -0.4 is 4.74 Å². The zero-order valence-electron chi connectivity index (χ0n) is 11.7. The molecule has 2 rings (SSSR count). The van der Waals surface area contributed by atoms with Gasteiger partial charge in [0.1, 0.15) is 5.82 Å². The Kier molecular flexibility index (Phi) is 4.74. The molecule has 0 saturated heterocycles. The number of ether oxygens (including phenoxy) is 1. The molecule has 21 heavy (non-hydrogen) atoms. The summed E-state index contributed by atoms with van der Waals surface area (Å²) in [6, 6.07) is 4.71. The first kappa shape index (κ1) is 15.2. The van der Waals surface area contributed by atoms with E-state index in [4.69, 9.17) is 16.3 Å². The fourth-order valence-corrected chi connectivity index (χ4v) is 2.28. The second-order valence-corrected chi connectivity index (χ2v) is 4.64. The number of nitrogens with zero attached hydrogens (tertiary/aromatic N) is 4. The predicted molar refractivity (Wildman–Crippen MR) is 78.5 cm³/mol. The Bertz CT molecular complexity index is 657. The van der Waals surface area contributed by atoms with Crippen molar-refractivity contribution in [3.8, 4) is 17.1 Å². The Labute approximate surface area is 126 Å². The molecule has 0 aliphatic carbocycles. The summed E-state index contributed by atoms with van der Waals surface area (Å²) in [5.74, 6) is 1.67. The molecule has 0 aliphatic heterocycles. The van der Waals surface area contributed by atoms with Crippen LogP contribution in [0.2, 0.25) is 0 Å². The fourth-order valence-electron chi connectivity index (χ4n) is 2.08. The molecule has 112 valence electrons. The lowest BCUT2D eigenvalue weighted by Gasteiger charge is -2.08. The predicted octanol–water partition coefficient (Wildman–Crippen LogP) is 3.01. The maximum atomic E-state index is 11.1. The average Bonchev–Trinajstić information content (AvgIpc) is 2.89. The molecule has 1 aromatic carbocycles. The number of hydrogen-bond acceptors (Lipinski definition) is 5. The van der Waals surface area contributed by atoms with Crippen LogP contribution >= 0.6 is 11.6 Å². The Morgan fingerprint density at radius 3 is 2.76 bits per heavy atom. The molecule has 0 N–H and O–H groups in total. The minimum absolute atomic E-state index is 0.103. The molecule has 7 nitrogen and oxygen atoms in total. The smallest absolute Gasteiger partial charge is 0.311 e. The van der Waals surface area contributed by atoms with E-state index >= 15 is 0 Å². The van der Waals surface area contributed by atoms with Gasteiger partial charge in [0.2, 0.25) is 0 Å². The topological polar surface area (TPSA) is 83.1 Å². The number of benzene rings is 1. The normalized spacial score (nSPS) is 10.6. The second-order valence-electron chi connectivity index (χ2n) is 4.37. The monoisotopic (exact) mass is 310 g/mol. The van der Waals surface area contributed by atoms with Gasteiger partial charge < -0.3 is 9.30 Å². The molecule has 0 bridgehead atoms. The van der Waals surface area contributed by atoms with E-state index in [-0.39, 0.29) is 17.3 Å². The fraction of sp³-hybridized carbons (Fsp3) is 0.385. The number of nitro groups is 1. The van der Waals surface area contributed by atoms with Crippen LogP contribution in [0.15, 0.2) is 18.2 Å². The first-order chi connectivity index (χ1) is 10.1. The van der Waals surface area contributed by atoms with Crippen molar-refractivity contribution in [1.82, 2.24) is 14.8 Å². The van der Waals surface area contributed by atoms with Crippen LogP contribution in [-0.4, -0.2) is 26.8 Å². The molecule has 8 heteroatoms. The first-order valence-electron chi connectivity index (χ1n) is 6.43. The molecule has 0 amide bonds. The van der Waals surface area contributed by atoms with Crippen molar-refractivity contribution < 1.29 is 9.66 Å². The molecular formula is C13H15ClN4O3. The number of alkyl halides is 1. The highest BCUT2D eigenvalue weighted by molar-refractivity contribution is 6.16. The van der Waals surface area contributed by atoms with E-state index in [9.17, 15) is 10.1 Å². The Morgan fingerprint density at radius 2 is 2.19 bits per heavy atom. The first-order valence-corrected chi connectivity index (χ1v) is 6.96. The minimum Gasteiger partial charge on any atom is -0.490 e. The molecule has 0 atom stereocenters. The van der Waals surface area contributed by atoms with Crippen LogP contribution in [0.5, 0.6) is 5.75 Å². The van der Waals surface area contributed by atoms with Crippen molar-refractivity contribution in [3.05, 3.63) is 34.1 Å². The number of halogens is 1. The van der Waals surface area contributed by atoms with Crippen LogP contribution in [0.25, 0.3) is 11.4 Å². The van der Waals surface area contributed by atoms with Gasteiger partial charge in [0.25, 0.3) is 0 Å². The summed E-state index contributed by atoms with van der Waals surface area (Å²) in [6.07, 6.45) is 0.882. The number of nitro benzene ring substituents is 1. The van der Waals surface area contributed by atoms with E-state index in [0.29, 0.717) is 23.8 Å². The third-order valence-corrected chi connectivity index (χ3v) is 3.27. The quantitative estimate of drug-likeness (QED) is 0.465. The van der Waals surface area contributed by atoms with Crippen LogP contribution in [-0.2, 0) is 12.4 Å². The molecule has 0 unspecified atom stereocenters. The molecule has 0 saturated carbocycles. The van der Waals surface area contributed by atoms with E-state index in [1.54, 1.807) is 12.1 Å². The van der Waals surface area contributed by atoms with Crippen molar-refractivity contribution in [2.75, 3.05) is 7.11 Å². The van der Waals surface area contributed by atoms with Gasteiger partial charge in [-0.2, -0.15) is 0 Å². The summed E-state index contributed by atoms with van der Waals surface area (Å²) in [7, 11) is 1.40. The molecule has 2 aromatic rings. The van der Waals surface area contributed by atoms with Crippen LogP contribution in [0.1, 0.15) is 19.2 Å². The van der Waals surface area contributed by atoms with E-state index < -0.39 is 4.92 Å². The number of rotatable bonds is 6. The van der Waals surface area contributed by atoms with Gasteiger partial charge >= 0.3 is 5.69 Å². The SMILES string of the molecule is CCCn1c(CCl)nnc1-c1ccc(OC)c([N+](=O)[O-])c1. The summed E-state index contributed by atoms with van der Waals surface area (Å²) < 4.78 is 6.87. The van der Waals surface area contributed by atoms with Crippen LogP contribution in [0.3, 0.4) is 0 Å². The van der Waals surface area contributed by atoms with E-state index in [0.717, 1.165) is 6.42 Å². The maximum absolute atomic E-state index is 11.1. The third-order valence-electron chi connectivity index (χ3n) is 3.03. The highest BCUT2D eigenvalue weighted by atomic mass is 35.5. The molecule has 0 spiro atoms. The maximum Gasteiger partial charge on any atom is 0.311 e. The van der Waals surface area contributed by atoms with Crippen LogP contribution in [0, 0.1) is 10.1 Å². The van der Waals surface area contributed by atoms with Gasteiger partial charge in [-0.05, 0) is 18.6 Å². The van der Waals surface area contributed by atoms with Crippen molar-refractivity contribution in [2.45, 2.75) is 25.8 Å². The van der Waals surface area contributed by atoms with Gasteiger partial charge in [0.05, 0.1) is 17.9 Å². The van der Waals surface area contributed by atoms with E-state index in [2.05, 4.69) is 10.2 Å². The Hall–Kier alpha value is -2.15. The average molecular weight is 311 g/mol. The largest absolute Gasteiger partial charge is 0.490 e. The highest BCUT2D eigenvalue weighted by Gasteiger charge is 2.19. The van der Waals surface area contributed by atoms with Crippen molar-refractivity contribution >= 4 is 17.3 Å². The lowest BCUT2D eigenvalue weighted by Crippen LogP contribution is -2.04. The number of aromatic nitrogens is 3. The van der Waals surface area contributed by atoms with Gasteiger partial charge in [0, 0.05) is 18.2 Å². The molecular weight excluding hydrogens is 296 g/mol. The molecule has 0 fully saturated rings. The summed E-state index contributed by atoms with van der Waals surface area (Å²) in [5, 5.41) is 19.2. The number of methoxy groups -OCH3 is 1. The summed E-state index contributed by atoms with van der Waals surface area (Å²) >= 11 is 5.85. The zero-order valence-corrected chi connectivity index (χ0v) is 12.5. The molecule has 0 radical (unpaired) electrons. The Balaban J connectivity index is 2.54. The minimum atomic E-state index is -0.481. The van der Waals surface area contributed by atoms with Crippen molar-refractivity contribution in [1.29, 1.82) is 0 Å². The van der Waals surface area contributed by atoms with Crippen molar-refractivity contribution in [2.24, 2.45) is 0 Å². The lowest BCUT2D eigenvalue weighted by molar-refractivity contribution is -0.385. The van der Waals surface area contributed by atoms with E-state index in [1.165, 1.54) is 13.2 Å². The summed E-state index contributed by atoms with van der Waals surface area (Å²) in [6.45, 7) is 2.72. The number of hydrogen-bond donors (Lipinski definition) is 0. The van der Waals surface area contributed by atoms with Crippen molar-refractivity contribution in [3.63, 3.8) is 0 Å². The summed E-state index contributed by atoms with van der Waals surface area (Å²) in [5.41, 5.74) is 0.508. The Morgan fingerprint density at radius 1 is 1.43 bits per heavy atom. The standard InChI is InChI=1S/C13H15ClN4O3/c1-3-6-17-12(8-14)15-16-13(17)9-4-5-11(21-2)10(7-9)18(19)20/h4-5,7H,3,6,8H2,1-2H3. The van der Waals surface area contributed by atoms with E-state index in [1.807, 2.05) is 11.5 Å². The van der Waals surface area contributed by atoms with Gasteiger partial charge in [-0.1, -0.05) is 6.92 Å². The van der Waals surface area contributed by atoms with Crippen LogP contribution in [0.4, 0.5) is 5.69 Å². The molecule has 1 heterocycles. The molecule has 1 aromatic heterocycles. The highest BCUT2D eigenvalue weighted by Crippen LogP contribution is 2.31. The second kappa shape index (κ2) is 6.53. The molecule has 0 aliphatic rings. The van der Waals surface area contributed by atoms with Gasteiger partial charge in [-0.15, -0.1) is 21.8 Å².